The third-order valence-corrected chi connectivity index (χ3v) is 4.47. The summed E-state index contributed by atoms with van der Waals surface area (Å²) < 4.78 is 0. The molecule has 1 aliphatic carbocycles. The highest BCUT2D eigenvalue weighted by Crippen LogP contribution is 2.30. The van der Waals surface area contributed by atoms with Gasteiger partial charge in [0, 0.05) is 31.1 Å². The average Bonchev–Trinajstić information content (AvgIpc) is 3.23. The molecule has 2 N–H and O–H groups in total. The molecule has 2 fully saturated rings. The van der Waals surface area contributed by atoms with Crippen LogP contribution >= 0.6 is 0 Å². The normalized spacial score (nSPS) is 23.6. The zero-order chi connectivity index (χ0) is 14.8. The molecule has 1 saturated heterocycles. The van der Waals surface area contributed by atoms with Crippen LogP contribution in [0.5, 0.6) is 5.75 Å². The van der Waals surface area contributed by atoms with Crippen molar-refractivity contribution in [1.82, 2.24) is 10.2 Å². The van der Waals surface area contributed by atoms with Gasteiger partial charge in [0.05, 0.1) is 0 Å². The van der Waals surface area contributed by atoms with Gasteiger partial charge in [-0.15, -0.1) is 0 Å². The highest BCUT2D eigenvalue weighted by molar-refractivity contribution is 5.80. The van der Waals surface area contributed by atoms with E-state index in [4.69, 9.17) is 0 Å². The molecule has 0 unspecified atom stereocenters. The predicted molar refractivity (Wildman–Crippen MR) is 82.2 cm³/mol. The number of amides is 1. The van der Waals surface area contributed by atoms with Crippen LogP contribution in [0.4, 0.5) is 0 Å². The molecule has 0 radical (unpaired) electrons. The highest BCUT2D eigenvalue weighted by Gasteiger charge is 2.39. The summed E-state index contributed by atoms with van der Waals surface area (Å²) in [4.78, 5) is 14.0. The number of nitrogens with zero attached hydrogens (tertiary/aromatic N) is 1. The van der Waals surface area contributed by atoms with Gasteiger partial charge in [-0.1, -0.05) is 12.1 Å². The van der Waals surface area contributed by atoms with Crippen LogP contribution in [0.25, 0.3) is 0 Å². The summed E-state index contributed by atoms with van der Waals surface area (Å²) in [5.74, 6) is 0.635. The Morgan fingerprint density at radius 1 is 1.33 bits per heavy atom. The first-order valence-corrected chi connectivity index (χ1v) is 7.95. The number of hydrogen-bond acceptors (Lipinski definition) is 3. The van der Waals surface area contributed by atoms with Crippen LogP contribution in [0.3, 0.4) is 0 Å². The maximum absolute atomic E-state index is 11.9. The van der Waals surface area contributed by atoms with E-state index in [1.54, 1.807) is 12.1 Å². The number of carbonyl (C=O) groups excluding carboxylic acids is 1. The van der Waals surface area contributed by atoms with Crippen molar-refractivity contribution in [3.05, 3.63) is 29.8 Å². The quantitative estimate of drug-likeness (QED) is 0.842. The minimum Gasteiger partial charge on any atom is -0.508 e. The Hall–Kier alpha value is -1.55. The van der Waals surface area contributed by atoms with Crippen molar-refractivity contribution < 1.29 is 9.90 Å². The fourth-order valence-corrected chi connectivity index (χ4v) is 3.11. The maximum Gasteiger partial charge on any atom is 0.224 e. The summed E-state index contributed by atoms with van der Waals surface area (Å²) >= 11 is 0. The zero-order valence-corrected chi connectivity index (χ0v) is 12.6. The van der Waals surface area contributed by atoms with Crippen LogP contribution in [0.1, 0.15) is 38.2 Å². The smallest absolute Gasteiger partial charge is 0.224 e. The van der Waals surface area contributed by atoms with Crippen LogP contribution in [0.2, 0.25) is 0 Å². The summed E-state index contributed by atoms with van der Waals surface area (Å²) in [6.45, 7) is 3.07. The van der Waals surface area contributed by atoms with Crippen molar-refractivity contribution in [1.29, 1.82) is 0 Å². The number of carbonyl (C=O) groups is 1. The van der Waals surface area contributed by atoms with Crippen LogP contribution in [0.15, 0.2) is 24.3 Å². The lowest BCUT2D eigenvalue weighted by atomic mass is 10.1. The number of likely N-dealkylation sites (tertiary alicyclic amines) is 1. The lowest BCUT2D eigenvalue weighted by Gasteiger charge is -2.20. The van der Waals surface area contributed by atoms with Gasteiger partial charge in [0.15, 0.2) is 0 Å². The van der Waals surface area contributed by atoms with Crippen molar-refractivity contribution >= 4 is 5.91 Å². The second-order valence-electron chi connectivity index (χ2n) is 6.45. The van der Waals surface area contributed by atoms with Crippen LogP contribution < -0.4 is 5.32 Å². The molecule has 1 aromatic rings. The Labute approximate surface area is 126 Å². The molecule has 2 aliphatic rings. The van der Waals surface area contributed by atoms with E-state index in [1.807, 2.05) is 12.1 Å². The molecule has 1 aliphatic heterocycles. The molecule has 2 atom stereocenters. The first-order valence-electron chi connectivity index (χ1n) is 7.95. The largest absolute Gasteiger partial charge is 0.508 e. The summed E-state index contributed by atoms with van der Waals surface area (Å²) in [7, 11) is 0. The molecule has 21 heavy (non-hydrogen) atoms. The molecule has 0 spiro atoms. The first kappa shape index (κ1) is 14.4. The van der Waals surface area contributed by atoms with E-state index in [0.717, 1.165) is 19.4 Å². The standard InChI is InChI=1S/C17H24N2O2/c1-12(2-3-13-4-8-16(20)9-5-13)18-14-10-17(21)19(11-14)15-6-7-15/h4-5,8-9,12,14-15,18,20H,2-3,6-7,10-11H2,1H3/t12-,14-/m0/s1. The molecule has 0 bridgehead atoms. The van der Waals surface area contributed by atoms with Crippen LogP contribution in [-0.4, -0.2) is 40.6 Å². The number of aromatic hydroxyl groups is 1. The van der Waals surface area contributed by atoms with Crippen LogP contribution in [0, 0.1) is 0 Å². The third-order valence-electron chi connectivity index (χ3n) is 4.47. The Morgan fingerprint density at radius 3 is 2.71 bits per heavy atom. The van der Waals surface area contributed by atoms with Gasteiger partial charge in [-0.25, -0.2) is 0 Å². The highest BCUT2D eigenvalue weighted by atomic mass is 16.3. The summed E-state index contributed by atoms with van der Waals surface area (Å²) in [6.07, 6.45) is 5.06. The topological polar surface area (TPSA) is 52.6 Å². The number of rotatable bonds is 6. The van der Waals surface area contributed by atoms with Crippen molar-refractivity contribution in [2.24, 2.45) is 0 Å². The monoisotopic (exact) mass is 288 g/mol. The Bertz CT molecular complexity index is 496. The number of aryl methyl sites for hydroxylation is 1. The summed E-state index contributed by atoms with van der Waals surface area (Å²) in [5.41, 5.74) is 1.24. The Kier molecular flexibility index (Phi) is 4.15. The van der Waals surface area contributed by atoms with E-state index in [0.29, 0.717) is 36.2 Å². The average molecular weight is 288 g/mol. The van der Waals surface area contributed by atoms with Gasteiger partial charge >= 0.3 is 0 Å². The SMILES string of the molecule is C[C@@H](CCc1ccc(O)cc1)N[C@H]1CC(=O)N(C2CC2)C1. The molecule has 1 aromatic carbocycles. The Morgan fingerprint density at radius 2 is 2.05 bits per heavy atom. The van der Waals surface area contributed by atoms with E-state index < -0.39 is 0 Å². The number of benzene rings is 1. The molecule has 1 saturated carbocycles. The lowest BCUT2D eigenvalue weighted by molar-refractivity contribution is -0.128. The minimum absolute atomic E-state index is 0.313. The number of phenolic OH excluding ortho intramolecular Hbond substituents is 1. The summed E-state index contributed by atoms with van der Waals surface area (Å²) in [6, 6.07) is 8.65. The lowest BCUT2D eigenvalue weighted by Crippen LogP contribution is -2.39. The van der Waals surface area contributed by atoms with Gasteiger partial charge in [-0.05, 0) is 50.3 Å². The summed E-state index contributed by atoms with van der Waals surface area (Å²) in [5, 5.41) is 12.9. The van der Waals surface area contributed by atoms with E-state index in [-0.39, 0.29) is 0 Å². The molecule has 3 rings (SSSR count). The minimum atomic E-state index is 0.313. The van der Waals surface area contributed by atoms with E-state index in [2.05, 4.69) is 17.1 Å². The van der Waals surface area contributed by atoms with Crippen LogP contribution in [-0.2, 0) is 11.2 Å². The number of nitrogens with one attached hydrogen (secondary N) is 1. The Balaban J connectivity index is 1.43. The number of phenols is 1. The molecule has 0 aromatic heterocycles. The fraction of sp³-hybridized carbons (Fsp3) is 0.588. The second-order valence-corrected chi connectivity index (χ2v) is 6.45. The van der Waals surface area contributed by atoms with Crippen molar-refractivity contribution in [3.8, 4) is 5.75 Å². The van der Waals surface area contributed by atoms with Gasteiger partial charge in [-0.2, -0.15) is 0 Å². The van der Waals surface area contributed by atoms with Gasteiger partial charge < -0.3 is 15.3 Å². The van der Waals surface area contributed by atoms with Gasteiger partial charge in [-0.3, -0.25) is 4.79 Å². The maximum atomic E-state index is 11.9. The van der Waals surface area contributed by atoms with Crippen molar-refractivity contribution in [2.75, 3.05) is 6.54 Å². The van der Waals surface area contributed by atoms with Crippen molar-refractivity contribution in [2.45, 2.75) is 57.2 Å². The number of hydrogen-bond donors (Lipinski definition) is 2. The van der Waals surface area contributed by atoms with Crippen molar-refractivity contribution in [3.63, 3.8) is 0 Å². The third kappa shape index (κ3) is 3.76. The fourth-order valence-electron chi connectivity index (χ4n) is 3.11. The molecule has 1 heterocycles. The molecular formula is C17H24N2O2. The molecular weight excluding hydrogens is 264 g/mol. The molecule has 4 nitrogen and oxygen atoms in total. The molecule has 114 valence electrons. The van der Waals surface area contributed by atoms with E-state index in [9.17, 15) is 9.90 Å². The van der Waals surface area contributed by atoms with E-state index in [1.165, 1.54) is 18.4 Å². The first-order chi connectivity index (χ1) is 10.1. The van der Waals surface area contributed by atoms with E-state index >= 15 is 0 Å². The van der Waals surface area contributed by atoms with Gasteiger partial charge in [0.2, 0.25) is 5.91 Å². The van der Waals surface area contributed by atoms with Gasteiger partial charge in [0.1, 0.15) is 5.75 Å². The molecule has 4 heteroatoms. The second kappa shape index (κ2) is 6.06. The molecule has 1 amide bonds. The predicted octanol–water partition coefficient (Wildman–Crippen LogP) is 2.07. The zero-order valence-electron chi connectivity index (χ0n) is 12.6. The van der Waals surface area contributed by atoms with Gasteiger partial charge in [0.25, 0.3) is 0 Å².